The summed E-state index contributed by atoms with van der Waals surface area (Å²) in [6.07, 6.45) is 0. The topological polar surface area (TPSA) is 30.0 Å². The molecule has 1 nitrogen and oxygen atoms in total. The summed E-state index contributed by atoms with van der Waals surface area (Å²) < 4.78 is 0. The van der Waals surface area contributed by atoms with Crippen LogP contribution in [0.5, 0.6) is 0 Å². The SMILES string of the molecule is [Ca+2].[Cl-].[Cl-].[Na+].[OH-]. The zero-order valence-corrected chi connectivity index (χ0v) is 8.63. The van der Waals surface area contributed by atoms with Gasteiger partial charge < -0.3 is 30.3 Å². The van der Waals surface area contributed by atoms with Crippen molar-refractivity contribution in [3.05, 3.63) is 0 Å². The second-order valence-corrected chi connectivity index (χ2v) is 0. The maximum atomic E-state index is 0. The van der Waals surface area contributed by atoms with Crippen LogP contribution in [0, 0.1) is 0 Å². The van der Waals surface area contributed by atoms with Crippen LogP contribution in [-0.4, -0.2) is 43.2 Å². The molecule has 0 saturated carbocycles. The number of hydrogen-bond acceptors (Lipinski definition) is 1. The van der Waals surface area contributed by atoms with Gasteiger partial charge in [0.25, 0.3) is 0 Å². The van der Waals surface area contributed by atoms with Crippen molar-refractivity contribution in [2.45, 2.75) is 0 Å². The molecule has 24 valence electrons. The van der Waals surface area contributed by atoms with Crippen LogP contribution in [0.2, 0.25) is 0 Å². The van der Waals surface area contributed by atoms with Crippen molar-refractivity contribution in [2.24, 2.45) is 0 Å². The quantitative estimate of drug-likeness (QED) is 0.316. The van der Waals surface area contributed by atoms with Crippen LogP contribution in [-0.2, 0) is 0 Å². The largest absolute Gasteiger partial charge is 2.00 e. The fraction of sp³-hybridized carbons (Fsp3) is 0. The first-order valence-corrected chi connectivity index (χ1v) is 0. The summed E-state index contributed by atoms with van der Waals surface area (Å²) in [4.78, 5) is 0. The second-order valence-electron chi connectivity index (χ2n) is 0. The van der Waals surface area contributed by atoms with Gasteiger partial charge in [0.05, 0.1) is 0 Å². The third kappa shape index (κ3) is 20.0. The van der Waals surface area contributed by atoms with Crippen molar-refractivity contribution in [3.63, 3.8) is 0 Å². The molecule has 0 atom stereocenters. The molecule has 0 bridgehead atoms. The molecule has 0 radical (unpaired) electrons. The summed E-state index contributed by atoms with van der Waals surface area (Å²) >= 11 is 0. The Labute approximate surface area is 95.7 Å². The van der Waals surface area contributed by atoms with Crippen LogP contribution in [0.15, 0.2) is 0 Å². The Kier molecular flexibility index (Phi) is 268. The Bertz CT molecular complexity index is 9.61. The standard InChI is InChI=1S/Ca.2ClH.Na.H2O/h;2*1H;;1H2/q+2;;;+1;/p-3. The molecule has 0 aromatic heterocycles. The van der Waals surface area contributed by atoms with Gasteiger partial charge in [-0.05, 0) is 0 Å². The van der Waals surface area contributed by atoms with Crippen LogP contribution >= 0.6 is 0 Å². The molecule has 0 amide bonds. The minimum Gasteiger partial charge on any atom is -1.00 e. The van der Waals surface area contributed by atoms with Crippen molar-refractivity contribution < 1.29 is 59.8 Å². The van der Waals surface area contributed by atoms with Gasteiger partial charge in [0, 0.05) is 0 Å². The summed E-state index contributed by atoms with van der Waals surface area (Å²) in [6, 6.07) is 0. The Hall–Kier alpha value is 2.80. The molecule has 0 rings (SSSR count). The fourth-order valence-corrected chi connectivity index (χ4v) is 0. The first-order valence-electron chi connectivity index (χ1n) is 0. The summed E-state index contributed by atoms with van der Waals surface area (Å²) in [5.74, 6) is 0. The third-order valence-corrected chi connectivity index (χ3v) is 0. The molecule has 1 N–H and O–H groups in total. The van der Waals surface area contributed by atoms with E-state index in [0.717, 1.165) is 0 Å². The molecule has 5 heteroatoms. The van der Waals surface area contributed by atoms with Crippen LogP contribution in [0.25, 0.3) is 0 Å². The van der Waals surface area contributed by atoms with Crippen LogP contribution in [0.1, 0.15) is 0 Å². The van der Waals surface area contributed by atoms with Gasteiger partial charge in [-0.3, -0.25) is 0 Å². The van der Waals surface area contributed by atoms with Gasteiger partial charge in [-0.1, -0.05) is 0 Å². The molecule has 0 aliphatic heterocycles. The number of rotatable bonds is 0. The minimum atomic E-state index is 0. The molecular formula is HCaCl2NaO. The monoisotopic (exact) mass is 150 g/mol. The maximum Gasteiger partial charge on any atom is 2.00 e. The fourth-order valence-electron chi connectivity index (χ4n) is 0. The summed E-state index contributed by atoms with van der Waals surface area (Å²) in [5, 5.41) is 0. The summed E-state index contributed by atoms with van der Waals surface area (Å²) in [7, 11) is 0. The van der Waals surface area contributed by atoms with Gasteiger partial charge in [-0.2, -0.15) is 0 Å². The third-order valence-electron chi connectivity index (χ3n) is 0. The van der Waals surface area contributed by atoms with E-state index in [1.165, 1.54) is 0 Å². The molecule has 0 aliphatic rings. The van der Waals surface area contributed by atoms with E-state index in [9.17, 15) is 0 Å². The second kappa shape index (κ2) is 29.2. The van der Waals surface area contributed by atoms with E-state index in [0.29, 0.717) is 0 Å². The molecule has 0 aromatic carbocycles. The maximum absolute atomic E-state index is 0. The van der Waals surface area contributed by atoms with Crippen LogP contribution in [0.3, 0.4) is 0 Å². The number of halogens is 2. The normalized spacial score (nSPS) is 0. The Morgan fingerprint density at radius 3 is 0.800 bits per heavy atom. The van der Waals surface area contributed by atoms with Gasteiger partial charge in [0.1, 0.15) is 0 Å². The summed E-state index contributed by atoms with van der Waals surface area (Å²) in [6.45, 7) is 0. The zero-order chi connectivity index (χ0) is 0. The van der Waals surface area contributed by atoms with Gasteiger partial charge in [0.15, 0.2) is 0 Å². The smallest absolute Gasteiger partial charge is 1.00 e. The average Bonchev–Trinajstić information content (AvgIpc) is 0. The van der Waals surface area contributed by atoms with Crippen LogP contribution < -0.4 is 54.4 Å². The van der Waals surface area contributed by atoms with E-state index in [1.807, 2.05) is 0 Å². The molecule has 0 spiro atoms. The molecule has 5 heavy (non-hydrogen) atoms. The predicted molar refractivity (Wildman–Crippen MR) is 7.69 cm³/mol. The molecule has 0 unspecified atom stereocenters. The van der Waals surface area contributed by atoms with E-state index in [2.05, 4.69) is 0 Å². The summed E-state index contributed by atoms with van der Waals surface area (Å²) in [5.41, 5.74) is 0. The molecule has 0 aliphatic carbocycles. The molecular weight excluding hydrogens is 150 g/mol. The van der Waals surface area contributed by atoms with Crippen molar-refractivity contribution in [1.29, 1.82) is 0 Å². The first kappa shape index (κ1) is 46.0. The van der Waals surface area contributed by atoms with Gasteiger partial charge in [-0.25, -0.2) is 0 Å². The van der Waals surface area contributed by atoms with E-state index >= 15 is 0 Å². The van der Waals surface area contributed by atoms with Crippen molar-refractivity contribution in [2.75, 3.05) is 0 Å². The molecule has 0 aromatic rings. The van der Waals surface area contributed by atoms with E-state index in [4.69, 9.17) is 0 Å². The van der Waals surface area contributed by atoms with Crippen molar-refractivity contribution in [3.8, 4) is 0 Å². The molecule has 0 saturated heterocycles. The number of hydrogen-bond donors (Lipinski definition) is 0. The van der Waals surface area contributed by atoms with Crippen molar-refractivity contribution in [1.82, 2.24) is 0 Å². The van der Waals surface area contributed by atoms with E-state index < -0.39 is 0 Å². The predicted octanol–water partition coefficient (Wildman–Crippen LogP) is -9.55. The molecule has 0 fully saturated rings. The Balaban J connectivity index is 0. The van der Waals surface area contributed by atoms with Gasteiger partial charge in [0.2, 0.25) is 0 Å². The van der Waals surface area contributed by atoms with E-state index in [-0.39, 0.29) is 97.6 Å². The minimum absolute atomic E-state index is 0. The van der Waals surface area contributed by atoms with Crippen LogP contribution in [0.4, 0.5) is 0 Å². The Morgan fingerprint density at radius 1 is 0.800 bits per heavy atom. The zero-order valence-electron chi connectivity index (χ0n) is 2.91. The van der Waals surface area contributed by atoms with Crippen molar-refractivity contribution >= 4 is 37.7 Å². The van der Waals surface area contributed by atoms with Gasteiger partial charge in [-0.15, -0.1) is 0 Å². The van der Waals surface area contributed by atoms with E-state index in [1.54, 1.807) is 0 Å². The molecule has 0 heterocycles. The average molecular weight is 151 g/mol. The first-order chi connectivity index (χ1) is 0. The van der Waals surface area contributed by atoms with Gasteiger partial charge >= 0.3 is 67.3 Å². The Morgan fingerprint density at radius 2 is 0.800 bits per heavy atom.